The number of rotatable bonds is 3. The maximum Gasteiger partial charge on any atom is 0.130 e. The van der Waals surface area contributed by atoms with Crippen molar-refractivity contribution in [1.82, 2.24) is 14.9 Å². The summed E-state index contributed by atoms with van der Waals surface area (Å²) in [5, 5.41) is 3.98. The number of benzene rings is 1. The summed E-state index contributed by atoms with van der Waals surface area (Å²) in [5.41, 5.74) is 1.08. The molecule has 1 aromatic carbocycles. The number of hydrogen-bond acceptors (Lipinski definition) is 2. The molecule has 0 fully saturated rings. The van der Waals surface area contributed by atoms with Crippen molar-refractivity contribution in [2.75, 3.05) is 7.05 Å². The summed E-state index contributed by atoms with van der Waals surface area (Å²) in [5.74, 6) is 0.954. The number of aromatic nitrogens is 2. The van der Waals surface area contributed by atoms with Crippen LogP contribution in [0.25, 0.3) is 0 Å². The lowest BCUT2D eigenvalue weighted by molar-refractivity contribution is 0.615. The monoisotopic (exact) mass is 313 g/mol. The van der Waals surface area contributed by atoms with Gasteiger partial charge < -0.3 is 9.88 Å². The quantitative estimate of drug-likeness (QED) is 0.943. The molecule has 17 heavy (non-hydrogen) atoms. The normalized spacial score (nSPS) is 12.7. The first-order valence-electron chi connectivity index (χ1n) is 5.23. The first kappa shape index (κ1) is 12.6. The van der Waals surface area contributed by atoms with E-state index in [1.165, 1.54) is 0 Å². The number of nitrogens with zero attached hydrogens (tertiary/aromatic N) is 2. The van der Waals surface area contributed by atoms with Gasteiger partial charge in [-0.25, -0.2) is 4.98 Å². The van der Waals surface area contributed by atoms with Crippen molar-refractivity contribution in [1.29, 1.82) is 0 Å². The minimum absolute atomic E-state index is 0.0167. The summed E-state index contributed by atoms with van der Waals surface area (Å²) < 4.78 is 3.01. The summed E-state index contributed by atoms with van der Waals surface area (Å²) in [6, 6.07) is 5.77. The van der Waals surface area contributed by atoms with E-state index in [0.29, 0.717) is 0 Å². The van der Waals surface area contributed by atoms with Crippen LogP contribution in [0, 0.1) is 0 Å². The molecular weight excluding hydrogens is 302 g/mol. The van der Waals surface area contributed by atoms with Gasteiger partial charge >= 0.3 is 0 Å². The third-order valence-corrected chi connectivity index (χ3v) is 3.63. The van der Waals surface area contributed by atoms with Crippen LogP contribution < -0.4 is 5.32 Å². The summed E-state index contributed by atoms with van der Waals surface area (Å²) in [6.45, 7) is 0. The van der Waals surface area contributed by atoms with Gasteiger partial charge in [-0.1, -0.05) is 27.5 Å². The van der Waals surface area contributed by atoms with Crippen LogP contribution in [-0.2, 0) is 7.05 Å². The smallest absolute Gasteiger partial charge is 0.130 e. The molecule has 0 spiro atoms. The molecular formula is C12H13BrClN3. The van der Waals surface area contributed by atoms with E-state index in [1.54, 1.807) is 6.20 Å². The Labute approximate surface area is 114 Å². The van der Waals surface area contributed by atoms with Gasteiger partial charge in [-0.3, -0.25) is 0 Å². The molecule has 3 nitrogen and oxygen atoms in total. The number of hydrogen-bond donors (Lipinski definition) is 1. The van der Waals surface area contributed by atoms with Crippen molar-refractivity contribution in [3.05, 3.63) is 51.5 Å². The van der Waals surface area contributed by atoms with Gasteiger partial charge in [0.25, 0.3) is 0 Å². The molecule has 2 rings (SSSR count). The highest BCUT2D eigenvalue weighted by molar-refractivity contribution is 9.10. The summed E-state index contributed by atoms with van der Waals surface area (Å²) in [4.78, 5) is 4.37. The van der Waals surface area contributed by atoms with E-state index in [2.05, 4.69) is 26.2 Å². The molecule has 0 amide bonds. The van der Waals surface area contributed by atoms with E-state index in [1.807, 2.05) is 43.1 Å². The lowest BCUT2D eigenvalue weighted by Gasteiger charge is -2.18. The van der Waals surface area contributed by atoms with Crippen LogP contribution in [0.1, 0.15) is 17.4 Å². The van der Waals surface area contributed by atoms with E-state index >= 15 is 0 Å². The zero-order chi connectivity index (χ0) is 12.4. The molecule has 0 aliphatic heterocycles. The Kier molecular flexibility index (Phi) is 3.86. The number of halogens is 2. The highest BCUT2D eigenvalue weighted by atomic mass is 79.9. The first-order chi connectivity index (χ1) is 8.13. The zero-order valence-electron chi connectivity index (χ0n) is 9.61. The summed E-state index contributed by atoms with van der Waals surface area (Å²) >= 11 is 9.59. The average molecular weight is 315 g/mol. The molecule has 5 heteroatoms. The van der Waals surface area contributed by atoms with Crippen molar-refractivity contribution in [3.8, 4) is 0 Å². The fourth-order valence-electron chi connectivity index (χ4n) is 1.81. The van der Waals surface area contributed by atoms with Crippen LogP contribution in [0.2, 0.25) is 5.02 Å². The predicted molar refractivity (Wildman–Crippen MR) is 73.3 cm³/mol. The van der Waals surface area contributed by atoms with Gasteiger partial charge in [-0.15, -0.1) is 0 Å². The Hall–Kier alpha value is -0.840. The van der Waals surface area contributed by atoms with Gasteiger partial charge in [0, 0.05) is 28.9 Å². The Morgan fingerprint density at radius 3 is 2.82 bits per heavy atom. The van der Waals surface area contributed by atoms with Crippen molar-refractivity contribution < 1.29 is 0 Å². The molecule has 0 aliphatic carbocycles. The van der Waals surface area contributed by atoms with Crippen molar-refractivity contribution in [2.45, 2.75) is 6.04 Å². The number of nitrogens with one attached hydrogen (secondary N) is 1. The van der Waals surface area contributed by atoms with E-state index in [0.717, 1.165) is 20.9 Å². The molecule has 0 bridgehead atoms. The average Bonchev–Trinajstić information content (AvgIpc) is 2.71. The predicted octanol–water partition coefficient (Wildman–Crippen LogP) is 3.14. The first-order valence-corrected chi connectivity index (χ1v) is 6.40. The van der Waals surface area contributed by atoms with Crippen molar-refractivity contribution >= 4 is 27.5 Å². The zero-order valence-corrected chi connectivity index (χ0v) is 12.0. The number of aryl methyl sites for hydroxylation is 1. The third kappa shape index (κ3) is 2.54. The largest absolute Gasteiger partial charge is 0.336 e. The Morgan fingerprint density at radius 2 is 2.24 bits per heavy atom. The van der Waals surface area contributed by atoms with Crippen molar-refractivity contribution in [2.24, 2.45) is 7.05 Å². The second-order valence-electron chi connectivity index (χ2n) is 3.78. The second-order valence-corrected chi connectivity index (χ2v) is 5.07. The molecule has 0 aliphatic rings. The molecule has 2 aromatic rings. The fraction of sp³-hybridized carbons (Fsp3) is 0.250. The van der Waals surface area contributed by atoms with Gasteiger partial charge in [-0.2, -0.15) is 0 Å². The van der Waals surface area contributed by atoms with Gasteiger partial charge in [-0.05, 0) is 30.8 Å². The highest BCUT2D eigenvalue weighted by Gasteiger charge is 2.18. The minimum atomic E-state index is 0.0167. The molecule has 0 saturated heterocycles. The Morgan fingerprint density at radius 1 is 1.47 bits per heavy atom. The van der Waals surface area contributed by atoms with Gasteiger partial charge in [0.15, 0.2) is 0 Å². The molecule has 1 N–H and O–H groups in total. The maximum absolute atomic E-state index is 6.04. The summed E-state index contributed by atoms with van der Waals surface area (Å²) in [7, 11) is 3.89. The summed E-state index contributed by atoms with van der Waals surface area (Å²) in [6.07, 6.45) is 3.72. The molecule has 1 aromatic heterocycles. The topological polar surface area (TPSA) is 29.9 Å². The van der Waals surface area contributed by atoms with Gasteiger partial charge in [0.05, 0.1) is 6.04 Å². The standard InChI is InChI=1S/C12H13BrClN3/c1-15-11(12-16-5-6-17(12)2)9-7-8(14)3-4-10(9)13/h3-7,11,15H,1-2H3. The van der Waals surface area contributed by atoms with Gasteiger partial charge in [0.1, 0.15) is 5.82 Å². The molecule has 90 valence electrons. The van der Waals surface area contributed by atoms with E-state index in [-0.39, 0.29) is 6.04 Å². The molecule has 0 saturated carbocycles. The lowest BCUT2D eigenvalue weighted by atomic mass is 10.1. The highest BCUT2D eigenvalue weighted by Crippen LogP contribution is 2.29. The van der Waals surface area contributed by atoms with Gasteiger partial charge in [0.2, 0.25) is 0 Å². The van der Waals surface area contributed by atoms with Crippen LogP contribution in [0.15, 0.2) is 35.1 Å². The van der Waals surface area contributed by atoms with Crippen LogP contribution in [-0.4, -0.2) is 16.6 Å². The van der Waals surface area contributed by atoms with Crippen LogP contribution in [0.4, 0.5) is 0 Å². The minimum Gasteiger partial charge on any atom is -0.336 e. The third-order valence-electron chi connectivity index (χ3n) is 2.67. The SMILES string of the molecule is CNC(c1cc(Cl)ccc1Br)c1nccn1C. The van der Waals surface area contributed by atoms with E-state index in [4.69, 9.17) is 11.6 Å². The van der Waals surface area contributed by atoms with Crippen molar-refractivity contribution in [3.63, 3.8) is 0 Å². The molecule has 1 unspecified atom stereocenters. The fourth-order valence-corrected chi connectivity index (χ4v) is 2.47. The van der Waals surface area contributed by atoms with E-state index < -0.39 is 0 Å². The van der Waals surface area contributed by atoms with Crippen LogP contribution in [0.5, 0.6) is 0 Å². The molecule has 1 atom stereocenters. The second kappa shape index (κ2) is 5.21. The maximum atomic E-state index is 6.04. The molecule has 1 heterocycles. The number of imidazole rings is 1. The van der Waals surface area contributed by atoms with Crippen LogP contribution in [0.3, 0.4) is 0 Å². The van der Waals surface area contributed by atoms with Crippen LogP contribution >= 0.6 is 27.5 Å². The Bertz CT molecular complexity index is 524. The molecule has 0 radical (unpaired) electrons. The van der Waals surface area contributed by atoms with E-state index in [9.17, 15) is 0 Å². The lowest BCUT2D eigenvalue weighted by Crippen LogP contribution is -2.21. The Balaban J connectivity index is 2.49.